The van der Waals surface area contributed by atoms with E-state index in [1.54, 1.807) is 42.7 Å². The van der Waals surface area contributed by atoms with Crippen LogP contribution in [0.4, 0.5) is 0 Å². The quantitative estimate of drug-likeness (QED) is 0.631. The van der Waals surface area contributed by atoms with Crippen LogP contribution in [0.2, 0.25) is 0 Å². The third kappa shape index (κ3) is 4.15. The number of rotatable bonds is 5. The summed E-state index contributed by atoms with van der Waals surface area (Å²) in [6.45, 7) is 3.41. The van der Waals surface area contributed by atoms with Crippen molar-refractivity contribution in [3.63, 3.8) is 0 Å². The van der Waals surface area contributed by atoms with Gasteiger partial charge in [-0.1, -0.05) is 6.07 Å². The molecule has 8 nitrogen and oxygen atoms in total. The minimum Gasteiger partial charge on any atom is -0.493 e. The molecular weight excluding hydrogens is 428 g/mol. The molecule has 1 saturated heterocycles. The SMILES string of the molecule is Cc1cc(C#N)ccc1-c1cnn(-c2ccc(C(=O)N3CCC[C@H](N(C)C4CC4)C3)cn2)c1O. The zero-order valence-electron chi connectivity index (χ0n) is 19.5. The van der Waals surface area contributed by atoms with Gasteiger partial charge < -0.3 is 10.0 Å². The van der Waals surface area contributed by atoms with Crippen LogP contribution in [0.3, 0.4) is 0 Å². The largest absolute Gasteiger partial charge is 0.493 e. The van der Waals surface area contributed by atoms with E-state index in [0.29, 0.717) is 34.6 Å². The van der Waals surface area contributed by atoms with E-state index in [0.717, 1.165) is 37.1 Å². The molecule has 2 aromatic heterocycles. The first-order valence-corrected chi connectivity index (χ1v) is 11.7. The summed E-state index contributed by atoms with van der Waals surface area (Å²) >= 11 is 0. The molecular formula is C26H28N6O2. The van der Waals surface area contributed by atoms with Crippen LogP contribution in [-0.2, 0) is 0 Å². The van der Waals surface area contributed by atoms with Gasteiger partial charge >= 0.3 is 0 Å². The number of aromatic nitrogens is 3. The topological polar surface area (TPSA) is 98.3 Å². The van der Waals surface area contributed by atoms with Crippen LogP contribution in [-0.4, -0.2) is 67.8 Å². The minimum absolute atomic E-state index is 0.00784. The minimum atomic E-state index is -0.0404. The number of amides is 1. The fourth-order valence-electron chi connectivity index (χ4n) is 4.81. The maximum atomic E-state index is 13.1. The standard InChI is InChI=1S/C26H28N6O2/c1-17-12-18(13-27)5-9-22(17)23-15-29-32(26(23)34)24-10-6-19(14-28-24)25(33)31-11-3-4-21(16-31)30(2)20-7-8-20/h5-6,9-10,12,14-15,20-21,34H,3-4,7-8,11,16H2,1-2H3/t21-/m0/s1. The predicted molar refractivity (Wildman–Crippen MR) is 128 cm³/mol. The monoisotopic (exact) mass is 456 g/mol. The molecule has 1 aliphatic heterocycles. The lowest BCUT2D eigenvalue weighted by Crippen LogP contribution is -2.49. The summed E-state index contributed by atoms with van der Waals surface area (Å²) in [6.07, 6.45) is 7.80. The van der Waals surface area contributed by atoms with Crippen molar-refractivity contribution in [3.05, 3.63) is 59.4 Å². The number of nitriles is 1. The molecule has 0 spiro atoms. The number of pyridine rings is 1. The van der Waals surface area contributed by atoms with E-state index in [-0.39, 0.29) is 11.8 Å². The molecule has 1 N–H and O–H groups in total. The highest BCUT2D eigenvalue weighted by molar-refractivity contribution is 5.94. The Balaban J connectivity index is 1.33. The van der Waals surface area contributed by atoms with Gasteiger partial charge in [-0.05, 0) is 75.0 Å². The normalized spacial score (nSPS) is 18.2. The first-order valence-electron chi connectivity index (χ1n) is 11.7. The number of likely N-dealkylation sites (tertiary alicyclic amines) is 1. The summed E-state index contributed by atoms with van der Waals surface area (Å²) in [5.41, 5.74) is 3.32. The Morgan fingerprint density at radius 3 is 2.65 bits per heavy atom. The van der Waals surface area contributed by atoms with Crippen LogP contribution in [0.5, 0.6) is 5.88 Å². The van der Waals surface area contributed by atoms with Gasteiger partial charge in [-0.25, -0.2) is 4.98 Å². The molecule has 8 heteroatoms. The van der Waals surface area contributed by atoms with Gasteiger partial charge in [0, 0.05) is 31.4 Å². The number of piperidine rings is 1. The molecule has 1 aromatic carbocycles. The van der Waals surface area contributed by atoms with Gasteiger partial charge in [0.05, 0.1) is 29.0 Å². The van der Waals surface area contributed by atoms with Crippen LogP contribution in [0.1, 0.15) is 47.2 Å². The Labute approximate surface area is 199 Å². The molecule has 2 fully saturated rings. The second-order valence-corrected chi connectivity index (χ2v) is 9.28. The number of hydrogen-bond donors (Lipinski definition) is 1. The van der Waals surface area contributed by atoms with Crippen LogP contribution in [0.25, 0.3) is 16.9 Å². The van der Waals surface area contributed by atoms with Crippen molar-refractivity contribution in [2.24, 2.45) is 0 Å². The zero-order valence-corrected chi connectivity index (χ0v) is 19.5. The van der Waals surface area contributed by atoms with Crippen LogP contribution < -0.4 is 0 Å². The van der Waals surface area contributed by atoms with Crippen molar-refractivity contribution in [3.8, 4) is 28.9 Å². The Morgan fingerprint density at radius 2 is 1.97 bits per heavy atom. The van der Waals surface area contributed by atoms with Crippen molar-refractivity contribution in [1.29, 1.82) is 5.26 Å². The van der Waals surface area contributed by atoms with Gasteiger partial charge in [-0.3, -0.25) is 9.69 Å². The first kappa shape index (κ1) is 22.1. The fourth-order valence-corrected chi connectivity index (χ4v) is 4.81. The molecule has 0 unspecified atom stereocenters. The molecule has 2 aliphatic rings. The predicted octanol–water partition coefficient (Wildman–Crippen LogP) is 3.52. The van der Waals surface area contributed by atoms with Gasteiger partial charge in [0.25, 0.3) is 5.91 Å². The molecule has 174 valence electrons. The Bertz CT molecular complexity index is 1260. The number of aromatic hydroxyl groups is 1. The van der Waals surface area contributed by atoms with Crippen molar-refractivity contribution in [2.45, 2.75) is 44.7 Å². The van der Waals surface area contributed by atoms with Crippen molar-refractivity contribution in [1.82, 2.24) is 24.6 Å². The van der Waals surface area contributed by atoms with Crippen LogP contribution in [0.15, 0.2) is 42.7 Å². The lowest BCUT2D eigenvalue weighted by Gasteiger charge is -2.37. The highest BCUT2D eigenvalue weighted by Crippen LogP contribution is 2.33. The van der Waals surface area contributed by atoms with E-state index in [4.69, 9.17) is 5.26 Å². The number of aryl methyl sites for hydroxylation is 1. The zero-order chi connectivity index (χ0) is 23.8. The maximum absolute atomic E-state index is 13.1. The summed E-state index contributed by atoms with van der Waals surface area (Å²) < 4.78 is 1.35. The summed E-state index contributed by atoms with van der Waals surface area (Å²) in [5, 5.41) is 24.2. The highest BCUT2D eigenvalue weighted by atomic mass is 16.3. The third-order valence-electron chi connectivity index (χ3n) is 6.98. The highest BCUT2D eigenvalue weighted by Gasteiger charge is 2.34. The smallest absolute Gasteiger partial charge is 0.255 e. The molecule has 1 atom stereocenters. The van der Waals surface area contributed by atoms with Gasteiger partial charge in [0.15, 0.2) is 5.82 Å². The molecule has 34 heavy (non-hydrogen) atoms. The van der Waals surface area contributed by atoms with E-state index in [1.165, 1.54) is 17.5 Å². The number of carbonyl (C=O) groups is 1. The molecule has 1 amide bonds. The van der Waals surface area contributed by atoms with Gasteiger partial charge in [0.2, 0.25) is 5.88 Å². The molecule has 0 radical (unpaired) electrons. The molecule has 3 heterocycles. The first-order chi connectivity index (χ1) is 16.5. The molecule has 5 rings (SSSR count). The molecule has 1 aliphatic carbocycles. The Hall–Kier alpha value is -3.70. The van der Waals surface area contributed by atoms with E-state index in [1.807, 2.05) is 11.8 Å². The van der Waals surface area contributed by atoms with E-state index in [2.05, 4.69) is 28.1 Å². The number of likely N-dealkylation sites (N-methyl/N-ethyl adjacent to an activating group) is 1. The van der Waals surface area contributed by atoms with E-state index in [9.17, 15) is 9.90 Å². The van der Waals surface area contributed by atoms with Crippen molar-refractivity contribution >= 4 is 5.91 Å². The summed E-state index contributed by atoms with van der Waals surface area (Å²) in [7, 11) is 2.18. The number of carbonyl (C=O) groups excluding carboxylic acids is 1. The Morgan fingerprint density at radius 1 is 1.15 bits per heavy atom. The average Bonchev–Trinajstić information content (AvgIpc) is 3.65. The number of benzene rings is 1. The summed E-state index contributed by atoms with van der Waals surface area (Å²) in [5.74, 6) is 0.379. The van der Waals surface area contributed by atoms with Crippen LogP contribution in [0, 0.1) is 18.3 Å². The second kappa shape index (κ2) is 8.92. The molecule has 1 saturated carbocycles. The molecule has 3 aromatic rings. The lowest BCUT2D eigenvalue weighted by molar-refractivity contribution is 0.0600. The average molecular weight is 457 g/mol. The van der Waals surface area contributed by atoms with E-state index >= 15 is 0 Å². The van der Waals surface area contributed by atoms with Crippen molar-refractivity contribution < 1.29 is 9.90 Å². The number of nitrogens with zero attached hydrogens (tertiary/aromatic N) is 6. The fraction of sp³-hybridized carbons (Fsp3) is 0.385. The van der Waals surface area contributed by atoms with Crippen LogP contribution >= 0.6 is 0 Å². The number of hydrogen-bond acceptors (Lipinski definition) is 6. The summed E-state index contributed by atoms with van der Waals surface area (Å²) in [6, 6.07) is 12.0. The molecule has 0 bridgehead atoms. The maximum Gasteiger partial charge on any atom is 0.255 e. The van der Waals surface area contributed by atoms with Gasteiger partial charge in [-0.15, -0.1) is 0 Å². The second-order valence-electron chi connectivity index (χ2n) is 9.28. The van der Waals surface area contributed by atoms with Crippen molar-refractivity contribution in [2.75, 3.05) is 20.1 Å². The van der Waals surface area contributed by atoms with E-state index < -0.39 is 0 Å². The lowest BCUT2D eigenvalue weighted by atomic mass is 10.0. The third-order valence-corrected chi connectivity index (χ3v) is 6.98. The summed E-state index contributed by atoms with van der Waals surface area (Å²) in [4.78, 5) is 21.9. The van der Waals surface area contributed by atoms with Gasteiger partial charge in [0.1, 0.15) is 0 Å². The van der Waals surface area contributed by atoms with Gasteiger partial charge in [-0.2, -0.15) is 15.0 Å². The Kier molecular flexibility index (Phi) is 5.80.